The van der Waals surface area contributed by atoms with Crippen LogP contribution < -0.4 is 0 Å². The third-order valence-corrected chi connectivity index (χ3v) is 2.83. The molecule has 1 saturated heterocycles. The highest BCUT2D eigenvalue weighted by molar-refractivity contribution is 5.69. The average Bonchev–Trinajstić information content (AvgIpc) is 2.36. The van der Waals surface area contributed by atoms with Crippen molar-refractivity contribution in [2.75, 3.05) is 39.5 Å². The second-order valence-corrected chi connectivity index (χ2v) is 4.26. The molecule has 17 heavy (non-hydrogen) atoms. The molecule has 1 rings (SSSR count). The van der Waals surface area contributed by atoms with Crippen molar-refractivity contribution in [3.05, 3.63) is 6.42 Å². The molecule has 0 N–H and O–H groups in total. The maximum Gasteiger partial charge on any atom is 0.305 e. The topological polar surface area (TPSA) is 38.8 Å². The van der Waals surface area contributed by atoms with E-state index in [1.165, 1.54) is 0 Å². The molecule has 0 aromatic heterocycles. The van der Waals surface area contributed by atoms with Crippen LogP contribution in [0.4, 0.5) is 0 Å². The van der Waals surface area contributed by atoms with Gasteiger partial charge in [0, 0.05) is 19.5 Å². The molecule has 1 aliphatic rings. The highest BCUT2D eigenvalue weighted by atomic mass is 16.5. The van der Waals surface area contributed by atoms with Crippen LogP contribution in [0, 0.1) is 6.42 Å². The first-order valence-corrected chi connectivity index (χ1v) is 6.60. The van der Waals surface area contributed by atoms with Gasteiger partial charge in [-0.25, -0.2) is 0 Å². The van der Waals surface area contributed by atoms with E-state index < -0.39 is 0 Å². The molecular formula is C13H24NO3. The molecule has 0 unspecified atom stereocenters. The first-order chi connectivity index (χ1) is 8.33. The van der Waals surface area contributed by atoms with E-state index in [0.717, 1.165) is 52.1 Å². The Morgan fingerprint density at radius 1 is 1.41 bits per heavy atom. The zero-order chi connectivity index (χ0) is 12.3. The second-order valence-electron chi connectivity index (χ2n) is 4.26. The molecule has 0 atom stereocenters. The number of hydrogen-bond acceptors (Lipinski definition) is 4. The van der Waals surface area contributed by atoms with Gasteiger partial charge in [-0.05, 0) is 25.8 Å². The predicted molar refractivity (Wildman–Crippen MR) is 66.7 cm³/mol. The molecule has 0 aromatic carbocycles. The molecule has 0 spiro atoms. The number of hydrogen-bond donors (Lipinski definition) is 0. The number of unbranched alkanes of at least 4 members (excludes halogenated alkanes) is 2. The number of rotatable bonds is 8. The minimum Gasteiger partial charge on any atom is -0.466 e. The summed E-state index contributed by atoms with van der Waals surface area (Å²) >= 11 is 0. The van der Waals surface area contributed by atoms with Crippen LogP contribution in [0.25, 0.3) is 0 Å². The number of carbonyl (C=O) groups is 1. The number of esters is 1. The van der Waals surface area contributed by atoms with Gasteiger partial charge in [0.1, 0.15) is 0 Å². The van der Waals surface area contributed by atoms with Crippen molar-refractivity contribution in [2.24, 2.45) is 0 Å². The summed E-state index contributed by atoms with van der Waals surface area (Å²) in [4.78, 5) is 13.7. The van der Waals surface area contributed by atoms with Crippen LogP contribution in [0.1, 0.15) is 32.6 Å². The standard InChI is InChI=1S/C13H24NO3/c1-2-3-4-10-17-13(15)6-5-7-14-8-11-16-12-9-14/h3H,2,4-12H2,1H3. The summed E-state index contributed by atoms with van der Waals surface area (Å²) in [5.74, 6) is -0.0669. The Balaban J connectivity index is 1.92. The first kappa shape index (κ1) is 14.5. The largest absolute Gasteiger partial charge is 0.466 e. The fraction of sp³-hybridized carbons (Fsp3) is 0.846. The third-order valence-electron chi connectivity index (χ3n) is 2.83. The van der Waals surface area contributed by atoms with Crippen molar-refractivity contribution in [2.45, 2.75) is 32.6 Å². The van der Waals surface area contributed by atoms with Crippen molar-refractivity contribution in [1.29, 1.82) is 0 Å². The summed E-state index contributed by atoms with van der Waals surface area (Å²) in [5, 5.41) is 0. The molecule has 1 fully saturated rings. The van der Waals surface area contributed by atoms with Gasteiger partial charge in [-0.3, -0.25) is 9.69 Å². The highest BCUT2D eigenvalue weighted by Gasteiger charge is 2.10. The van der Waals surface area contributed by atoms with Gasteiger partial charge in [0.05, 0.1) is 19.8 Å². The van der Waals surface area contributed by atoms with Gasteiger partial charge in [0.15, 0.2) is 0 Å². The molecule has 0 bridgehead atoms. The zero-order valence-corrected chi connectivity index (χ0v) is 10.8. The van der Waals surface area contributed by atoms with Crippen LogP contribution in [-0.2, 0) is 14.3 Å². The molecule has 0 aliphatic carbocycles. The van der Waals surface area contributed by atoms with Gasteiger partial charge in [0.2, 0.25) is 0 Å². The summed E-state index contributed by atoms with van der Waals surface area (Å²) in [6.07, 6.45) is 5.45. The molecular weight excluding hydrogens is 218 g/mol. The van der Waals surface area contributed by atoms with Crippen molar-refractivity contribution in [3.8, 4) is 0 Å². The molecule has 1 aliphatic heterocycles. The summed E-state index contributed by atoms with van der Waals surface area (Å²) in [6, 6.07) is 0. The summed E-state index contributed by atoms with van der Waals surface area (Å²) < 4.78 is 10.4. The van der Waals surface area contributed by atoms with E-state index in [1.807, 2.05) is 0 Å². The van der Waals surface area contributed by atoms with E-state index >= 15 is 0 Å². The normalized spacial score (nSPS) is 17.0. The lowest BCUT2D eigenvalue weighted by Gasteiger charge is -2.26. The van der Waals surface area contributed by atoms with Crippen LogP contribution in [0.2, 0.25) is 0 Å². The highest BCUT2D eigenvalue weighted by Crippen LogP contribution is 2.02. The summed E-state index contributed by atoms with van der Waals surface area (Å²) in [5.41, 5.74) is 0. The van der Waals surface area contributed by atoms with Crippen molar-refractivity contribution < 1.29 is 14.3 Å². The minimum absolute atomic E-state index is 0.0669. The number of carbonyl (C=O) groups excluding carboxylic acids is 1. The lowest BCUT2D eigenvalue weighted by Crippen LogP contribution is -2.37. The fourth-order valence-electron chi connectivity index (χ4n) is 1.80. The first-order valence-electron chi connectivity index (χ1n) is 6.60. The Morgan fingerprint density at radius 3 is 2.88 bits per heavy atom. The molecule has 4 heteroatoms. The molecule has 0 saturated carbocycles. The number of nitrogens with zero attached hydrogens (tertiary/aromatic N) is 1. The molecule has 99 valence electrons. The maximum absolute atomic E-state index is 11.4. The predicted octanol–water partition coefficient (Wildman–Crippen LogP) is 1.65. The van der Waals surface area contributed by atoms with E-state index in [4.69, 9.17) is 9.47 Å². The SMILES string of the molecule is CC[CH]CCOC(=O)CCCN1CCOCC1. The van der Waals surface area contributed by atoms with E-state index in [9.17, 15) is 4.79 Å². The van der Waals surface area contributed by atoms with Gasteiger partial charge in [0.25, 0.3) is 0 Å². The Morgan fingerprint density at radius 2 is 2.18 bits per heavy atom. The van der Waals surface area contributed by atoms with Gasteiger partial charge in [-0.15, -0.1) is 0 Å². The molecule has 0 amide bonds. The average molecular weight is 242 g/mol. The monoisotopic (exact) mass is 242 g/mol. The van der Waals surface area contributed by atoms with Crippen LogP contribution in [0.3, 0.4) is 0 Å². The van der Waals surface area contributed by atoms with Gasteiger partial charge < -0.3 is 9.47 Å². The van der Waals surface area contributed by atoms with Crippen LogP contribution in [-0.4, -0.2) is 50.3 Å². The van der Waals surface area contributed by atoms with Gasteiger partial charge in [-0.2, -0.15) is 0 Å². The number of morpholine rings is 1. The smallest absolute Gasteiger partial charge is 0.305 e. The van der Waals surface area contributed by atoms with Crippen LogP contribution in [0.15, 0.2) is 0 Å². The van der Waals surface area contributed by atoms with E-state index in [2.05, 4.69) is 18.2 Å². The maximum atomic E-state index is 11.4. The Labute approximate surface area is 104 Å². The van der Waals surface area contributed by atoms with Crippen LogP contribution in [0.5, 0.6) is 0 Å². The van der Waals surface area contributed by atoms with Gasteiger partial charge in [-0.1, -0.05) is 13.3 Å². The fourth-order valence-corrected chi connectivity index (χ4v) is 1.80. The Bertz CT molecular complexity index is 203. The van der Waals surface area contributed by atoms with Crippen molar-refractivity contribution in [3.63, 3.8) is 0 Å². The van der Waals surface area contributed by atoms with E-state index in [0.29, 0.717) is 13.0 Å². The lowest BCUT2D eigenvalue weighted by molar-refractivity contribution is -0.143. The van der Waals surface area contributed by atoms with E-state index in [-0.39, 0.29) is 5.97 Å². The number of ether oxygens (including phenoxy) is 2. The summed E-state index contributed by atoms with van der Waals surface area (Å²) in [6.45, 7) is 7.20. The quantitative estimate of drug-likeness (QED) is 0.479. The van der Waals surface area contributed by atoms with E-state index in [1.54, 1.807) is 0 Å². The Kier molecular flexibility index (Phi) is 8.01. The minimum atomic E-state index is -0.0669. The molecule has 4 nitrogen and oxygen atoms in total. The summed E-state index contributed by atoms with van der Waals surface area (Å²) in [7, 11) is 0. The van der Waals surface area contributed by atoms with Gasteiger partial charge >= 0.3 is 5.97 Å². The van der Waals surface area contributed by atoms with Crippen molar-refractivity contribution in [1.82, 2.24) is 4.90 Å². The van der Waals surface area contributed by atoms with Crippen LogP contribution >= 0.6 is 0 Å². The lowest BCUT2D eigenvalue weighted by atomic mass is 10.2. The zero-order valence-electron chi connectivity index (χ0n) is 10.8. The molecule has 0 aromatic rings. The second kappa shape index (κ2) is 9.42. The molecule has 1 heterocycles. The van der Waals surface area contributed by atoms with Crippen molar-refractivity contribution >= 4 is 5.97 Å². The Hall–Kier alpha value is -0.610. The molecule has 1 radical (unpaired) electrons. The third kappa shape index (κ3) is 7.34.